The Morgan fingerprint density at radius 2 is 2.22 bits per heavy atom. The van der Waals surface area contributed by atoms with Gasteiger partial charge in [-0.1, -0.05) is 0 Å². The minimum atomic E-state index is -0.786. The number of nitrogens with zero attached hydrogens (tertiary/aromatic N) is 1. The van der Waals surface area contributed by atoms with Gasteiger partial charge in [-0.15, -0.1) is 0 Å². The highest BCUT2D eigenvalue weighted by Gasteiger charge is 2.34. The summed E-state index contributed by atoms with van der Waals surface area (Å²) in [4.78, 5) is 35.8. The van der Waals surface area contributed by atoms with Crippen LogP contribution in [0.15, 0.2) is 21.9 Å². The lowest BCUT2D eigenvalue weighted by molar-refractivity contribution is -0.124. The Hall–Kier alpha value is -1.89. The minimum Gasteiger partial charge on any atom is -0.388 e. The molecule has 1 fully saturated rings. The van der Waals surface area contributed by atoms with Gasteiger partial charge in [0.1, 0.15) is 6.54 Å². The van der Waals surface area contributed by atoms with E-state index in [2.05, 4.69) is 10.3 Å². The molecule has 7 nitrogen and oxygen atoms in total. The van der Waals surface area contributed by atoms with Gasteiger partial charge in [-0.05, 0) is 19.3 Å². The Balaban J connectivity index is 1.91. The number of aromatic amines is 1. The van der Waals surface area contributed by atoms with E-state index in [0.29, 0.717) is 12.8 Å². The molecule has 0 atom stereocenters. The highest BCUT2D eigenvalue weighted by atomic mass is 16.3. The Morgan fingerprint density at radius 3 is 2.78 bits per heavy atom. The molecule has 0 saturated heterocycles. The third-order valence-corrected chi connectivity index (χ3v) is 3.11. The standard InChI is InChI=1S/C11H15N3O4/c15-8-2-5-14(10(17)13-8)6-9(16)12-7-11(18)3-1-4-11/h2,5,18H,1,3-4,6-7H2,(H,12,16)(H,13,15,17). The second kappa shape index (κ2) is 4.77. The molecule has 1 aromatic rings. The molecular formula is C11H15N3O4. The van der Waals surface area contributed by atoms with Gasteiger partial charge >= 0.3 is 5.69 Å². The molecule has 1 saturated carbocycles. The lowest BCUT2D eigenvalue weighted by Gasteiger charge is -2.36. The number of carbonyl (C=O) groups is 1. The highest BCUT2D eigenvalue weighted by molar-refractivity contribution is 5.75. The van der Waals surface area contributed by atoms with Gasteiger partial charge in [0.25, 0.3) is 5.56 Å². The number of nitrogens with one attached hydrogen (secondary N) is 2. The van der Waals surface area contributed by atoms with Gasteiger partial charge in [0, 0.05) is 18.8 Å². The molecule has 0 bridgehead atoms. The fourth-order valence-corrected chi connectivity index (χ4v) is 1.80. The molecule has 7 heteroatoms. The Labute approximate surface area is 102 Å². The Kier molecular flexibility index (Phi) is 3.33. The monoisotopic (exact) mass is 253 g/mol. The van der Waals surface area contributed by atoms with Crippen LogP contribution >= 0.6 is 0 Å². The van der Waals surface area contributed by atoms with Crippen LogP contribution in [0.3, 0.4) is 0 Å². The van der Waals surface area contributed by atoms with Crippen molar-refractivity contribution in [1.29, 1.82) is 0 Å². The first-order valence-corrected chi connectivity index (χ1v) is 5.77. The molecule has 18 heavy (non-hydrogen) atoms. The zero-order valence-corrected chi connectivity index (χ0v) is 9.81. The molecule has 1 aliphatic rings. The summed E-state index contributed by atoms with van der Waals surface area (Å²) in [6, 6.07) is 1.17. The summed E-state index contributed by atoms with van der Waals surface area (Å²) in [5.74, 6) is -0.371. The third kappa shape index (κ3) is 2.86. The summed E-state index contributed by atoms with van der Waals surface area (Å²) < 4.78 is 1.10. The van der Waals surface area contributed by atoms with Gasteiger partial charge < -0.3 is 10.4 Å². The number of aliphatic hydroxyl groups is 1. The highest BCUT2D eigenvalue weighted by Crippen LogP contribution is 2.30. The normalized spacial score (nSPS) is 16.9. The van der Waals surface area contributed by atoms with Crippen molar-refractivity contribution in [3.8, 4) is 0 Å². The lowest BCUT2D eigenvalue weighted by Crippen LogP contribution is -2.48. The smallest absolute Gasteiger partial charge is 0.328 e. The quantitative estimate of drug-likeness (QED) is 0.611. The minimum absolute atomic E-state index is 0.175. The van der Waals surface area contributed by atoms with Crippen LogP contribution in [0.2, 0.25) is 0 Å². The van der Waals surface area contributed by atoms with Gasteiger partial charge in [0.15, 0.2) is 0 Å². The van der Waals surface area contributed by atoms with Crippen molar-refractivity contribution in [1.82, 2.24) is 14.9 Å². The average molecular weight is 253 g/mol. The number of hydrogen-bond acceptors (Lipinski definition) is 4. The van der Waals surface area contributed by atoms with E-state index < -0.39 is 16.9 Å². The summed E-state index contributed by atoms with van der Waals surface area (Å²) in [6.45, 7) is 0.0234. The molecule has 2 rings (SSSR count). The summed E-state index contributed by atoms with van der Waals surface area (Å²) in [6.07, 6.45) is 3.60. The topological polar surface area (TPSA) is 104 Å². The fourth-order valence-electron chi connectivity index (χ4n) is 1.80. The second-order valence-electron chi connectivity index (χ2n) is 4.59. The first-order chi connectivity index (χ1) is 8.48. The number of amides is 1. The predicted molar refractivity (Wildman–Crippen MR) is 63.1 cm³/mol. The van der Waals surface area contributed by atoms with E-state index in [0.717, 1.165) is 11.0 Å². The summed E-state index contributed by atoms with van der Waals surface area (Å²) in [5, 5.41) is 12.4. The molecule has 1 aromatic heterocycles. The summed E-state index contributed by atoms with van der Waals surface area (Å²) >= 11 is 0. The van der Waals surface area contributed by atoms with Crippen LogP contribution in [-0.4, -0.2) is 32.7 Å². The number of aromatic nitrogens is 2. The van der Waals surface area contributed by atoms with E-state index in [1.807, 2.05) is 0 Å². The third-order valence-electron chi connectivity index (χ3n) is 3.11. The first-order valence-electron chi connectivity index (χ1n) is 5.77. The predicted octanol–water partition coefficient (Wildman–Crippen LogP) is -1.43. The molecule has 0 aromatic carbocycles. The Morgan fingerprint density at radius 1 is 1.50 bits per heavy atom. The van der Waals surface area contributed by atoms with Crippen molar-refractivity contribution in [2.45, 2.75) is 31.4 Å². The van der Waals surface area contributed by atoms with E-state index in [4.69, 9.17) is 0 Å². The SMILES string of the molecule is O=C(Cn1ccc(=O)[nH]c1=O)NCC1(O)CCC1. The van der Waals surface area contributed by atoms with E-state index in [-0.39, 0.29) is 19.0 Å². The number of rotatable bonds is 4. The maximum absolute atomic E-state index is 11.6. The Bertz CT molecular complexity index is 556. The molecular weight excluding hydrogens is 238 g/mol. The van der Waals surface area contributed by atoms with Crippen LogP contribution in [0.4, 0.5) is 0 Å². The number of carbonyl (C=O) groups excluding carboxylic acids is 1. The van der Waals surface area contributed by atoms with Crippen LogP contribution < -0.4 is 16.6 Å². The number of H-pyrrole nitrogens is 1. The van der Waals surface area contributed by atoms with Gasteiger partial charge in [-0.3, -0.25) is 19.1 Å². The van der Waals surface area contributed by atoms with E-state index >= 15 is 0 Å². The lowest BCUT2D eigenvalue weighted by atomic mass is 9.80. The maximum Gasteiger partial charge on any atom is 0.328 e. The van der Waals surface area contributed by atoms with E-state index in [1.165, 1.54) is 12.3 Å². The fraction of sp³-hybridized carbons (Fsp3) is 0.545. The molecule has 1 amide bonds. The molecule has 1 aliphatic carbocycles. The van der Waals surface area contributed by atoms with Crippen molar-refractivity contribution < 1.29 is 9.90 Å². The van der Waals surface area contributed by atoms with Crippen molar-refractivity contribution in [2.75, 3.05) is 6.54 Å². The van der Waals surface area contributed by atoms with Crippen molar-refractivity contribution in [3.63, 3.8) is 0 Å². The molecule has 0 radical (unpaired) electrons. The van der Waals surface area contributed by atoms with Crippen LogP contribution in [0.5, 0.6) is 0 Å². The first kappa shape index (κ1) is 12.6. The van der Waals surface area contributed by atoms with E-state index in [1.54, 1.807) is 0 Å². The largest absolute Gasteiger partial charge is 0.388 e. The molecule has 0 spiro atoms. The molecule has 1 heterocycles. The summed E-state index contributed by atoms with van der Waals surface area (Å²) in [5.41, 5.74) is -1.91. The molecule has 3 N–H and O–H groups in total. The van der Waals surface area contributed by atoms with Gasteiger partial charge in [-0.25, -0.2) is 4.79 Å². The maximum atomic E-state index is 11.6. The van der Waals surface area contributed by atoms with E-state index in [9.17, 15) is 19.5 Å². The van der Waals surface area contributed by atoms with Crippen LogP contribution in [-0.2, 0) is 11.3 Å². The van der Waals surface area contributed by atoms with Gasteiger partial charge in [0.05, 0.1) is 5.60 Å². The zero-order valence-electron chi connectivity index (χ0n) is 9.81. The number of hydrogen-bond donors (Lipinski definition) is 3. The second-order valence-corrected chi connectivity index (χ2v) is 4.59. The van der Waals surface area contributed by atoms with Crippen LogP contribution in [0.1, 0.15) is 19.3 Å². The van der Waals surface area contributed by atoms with Gasteiger partial charge in [0.2, 0.25) is 5.91 Å². The van der Waals surface area contributed by atoms with Gasteiger partial charge in [-0.2, -0.15) is 0 Å². The molecule has 98 valence electrons. The molecule has 0 unspecified atom stereocenters. The van der Waals surface area contributed by atoms with Crippen molar-refractivity contribution >= 4 is 5.91 Å². The van der Waals surface area contributed by atoms with Crippen molar-refractivity contribution in [2.24, 2.45) is 0 Å². The van der Waals surface area contributed by atoms with Crippen LogP contribution in [0, 0.1) is 0 Å². The van der Waals surface area contributed by atoms with Crippen LogP contribution in [0.25, 0.3) is 0 Å². The molecule has 0 aliphatic heterocycles. The summed E-state index contributed by atoms with van der Waals surface area (Å²) in [7, 11) is 0. The van der Waals surface area contributed by atoms with Crippen molar-refractivity contribution in [3.05, 3.63) is 33.1 Å². The average Bonchev–Trinajstić information content (AvgIpc) is 2.28. The zero-order chi connectivity index (χ0) is 13.2.